The summed E-state index contributed by atoms with van der Waals surface area (Å²) in [5.41, 5.74) is 0.818. The molecule has 110 valence electrons. The van der Waals surface area contributed by atoms with E-state index in [1.165, 1.54) is 12.3 Å². The molecule has 0 aliphatic carbocycles. The van der Waals surface area contributed by atoms with Crippen molar-refractivity contribution in [2.45, 2.75) is 6.61 Å². The number of ether oxygens (including phenoxy) is 1. The molecule has 0 amide bonds. The third kappa shape index (κ3) is 2.95. The molecule has 0 spiro atoms. The SMILES string of the molecule is O=C(OCc1cc(-c2ccccc2)on1)c1ccc[nH]c1=O. The lowest BCUT2D eigenvalue weighted by molar-refractivity contribution is 0.0462. The van der Waals surface area contributed by atoms with E-state index in [0.717, 1.165) is 5.56 Å². The number of carbonyl (C=O) groups excluding carboxylic acids is 1. The summed E-state index contributed by atoms with van der Waals surface area (Å²) in [4.78, 5) is 25.7. The molecule has 0 saturated carbocycles. The van der Waals surface area contributed by atoms with Crippen molar-refractivity contribution >= 4 is 5.97 Å². The third-order valence-corrected chi connectivity index (χ3v) is 3.01. The Morgan fingerprint density at radius 1 is 1.18 bits per heavy atom. The van der Waals surface area contributed by atoms with Crippen LogP contribution in [0.5, 0.6) is 0 Å². The van der Waals surface area contributed by atoms with Crippen LogP contribution in [-0.4, -0.2) is 16.1 Å². The van der Waals surface area contributed by atoms with Gasteiger partial charge in [-0.1, -0.05) is 35.5 Å². The number of nitrogens with zero attached hydrogens (tertiary/aromatic N) is 1. The highest BCUT2D eigenvalue weighted by Gasteiger charge is 2.13. The van der Waals surface area contributed by atoms with Crippen LogP contribution in [0.4, 0.5) is 0 Å². The predicted molar refractivity (Wildman–Crippen MR) is 78.1 cm³/mol. The fraction of sp³-hybridized carbons (Fsp3) is 0.0625. The molecule has 22 heavy (non-hydrogen) atoms. The molecule has 0 fully saturated rings. The summed E-state index contributed by atoms with van der Waals surface area (Å²) < 4.78 is 10.3. The largest absolute Gasteiger partial charge is 0.455 e. The average molecular weight is 296 g/mol. The molecule has 2 aromatic heterocycles. The molecule has 1 N–H and O–H groups in total. The molecular weight excluding hydrogens is 284 g/mol. The van der Waals surface area contributed by atoms with E-state index in [1.807, 2.05) is 30.3 Å². The van der Waals surface area contributed by atoms with E-state index >= 15 is 0 Å². The summed E-state index contributed by atoms with van der Waals surface area (Å²) in [5, 5.41) is 3.84. The second kappa shape index (κ2) is 6.09. The molecule has 6 heteroatoms. The van der Waals surface area contributed by atoms with Crippen LogP contribution >= 0.6 is 0 Å². The first-order valence-corrected chi connectivity index (χ1v) is 6.60. The number of hydrogen-bond donors (Lipinski definition) is 1. The summed E-state index contributed by atoms with van der Waals surface area (Å²) in [6.45, 7) is -0.0660. The van der Waals surface area contributed by atoms with Gasteiger partial charge in [0.25, 0.3) is 5.56 Å². The zero-order valence-electron chi connectivity index (χ0n) is 11.5. The second-order valence-electron chi connectivity index (χ2n) is 4.54. The molecule has 0 aliphatic rings. The maximum absolute atomic E-state index is 11.8. The Hall–Kier alpha value is -3.15. The molecule has 0 aliphatic heterocycles. The van der Waals surface area contributed by atoms with E-state index in [4.69, 9.17) is 9.26 Å². The van der Waals surface area contributed by atoms with Gasteiger partial charge < -0.3 is 14.2 Å². The molecule has 1 aromatic carbocycles. The minimum Gasteiger partial charge on any atom is -0.455 e. The number of benzene rings is 1. The van der Waals surface area contributed by atoms with Crippen molar-refractivity contribution in [3.8, 4) is 11.3 Å². The second-order valence-corrected chi connectivity index (χ2v) is 4.54. The van der Waals surface area contributed by atoms with Crippen LogP contribution in [-0.2, 0) is 11.3 Å². The minimum atomic E-state index is -0.703. The molecule has 3 aromatic rings. The zero-order chi connectivity index (χ0) is 15.4. The quantitative estimate of drug-likeness (QED) is 0.747. The number of carbonyl (C=O) groups is 1. The number of H-pyrrole nitrogens is 1. The molecule has 0 saturated heterocycles. The van der Waals surface area contributed by atoms with Crippen molar-refractivity contribution < 1.29 is 14.1 Å². The lowest BCUT2D eigenvalue weighted by Gasteiger charge is -2.00. The van der Waals surface area contributed by atoms with Gasteiger partial charge >= 0.3 is 5.97 Å². The van der Waals surface area contributed by atoms with Crippen LogP contribution in [0.2, 0.25) is 0 Å². The number of rotatable bonds is 4. The van der Waals surface area contributed by atoms with Crippen LogP contribution in [0.3, 0.4) is 0 Å². The van der Waals surface area contributed by atoms with Crippen molar-refractivity contribution in [2.75, 3.05) is 0 Å². The van der Waals surface area contributed by atoms with Gasteiger partial charge in [0.2, 0.25) is 0 Å². The van der Waals surface area contributed by atoms with Crippen LogP contribution in [0.25, 0.3) is 11.3 Å². The number of hydrogen-bond acceptors (Lipinski definition) is 5. The van der Waals surface area contributed by atoms with E-state index in [-0.39, 0.29) is 12.2 Å². The van der Waals surface area contributed by atoms with Gasteiger partial charge in [0.05, 0.1) is 0 Å². The molecule has 0 unspecified atom stereocenters. The van der Waals surface area contributed by atoms with E-state index in [9.17, 15) is 9.59 Å². The maximum atomic E-state index is 11.8. The van der Waals surface area contributed by atoms with E-state index in [1.54, 1.807) is 12.1 Å². The Morgan fingerprint density at radius 2 is 2.00 bits per heavy atom. The van der Waals surface area contributed by atoms with Crippen molar-refractivity contribution in [1.82, 2.24) is 10.1 Å². The molecule has 0 bridgehead atoms. The lowest BCUT2D eigenvalue weighted by Crippen LogP contribution is -2.18. The smallest absolute Gasteiger partial charge is 0.344 e. The Morgan fingerprint density at radius 3 is 2.77 bits per heavy atom. The maximum Gasteiger partial charge on any atom is 0.344 e. The first kappa shape index (κ1) is 13.8. The van der Waals surface area contributed by atoms with E-state index in [2.05, 4.69) is 10.1 Å². The van der Waals surface area contributed by atoms with Crippen LogP contribution in [0, 0.1) is 0 Å². The summed E-state index contributed by atoms with van der Waals surface area (Å²) in [6, 6.07) is 14.1. The Kier molecular flexibility index (Phi) is 3.82. The monoisotopic (exact) mass is 296 g/mol. The highest BCUT2D eigenvalue weighted by Crippen LogP contribution is 2.20. The fourth-order valence-corrected chi connectivity index (χ4v) is 1.92. The Labute approximate surface area is 125 Å². The van der Waals surface area contributed by atoms with Gasteiger partial charge in [-0.25, -0.2) is 4.79 Å². The van der Waals surface area contributed by atoms with Crippen molar-refractivity contribution in [3.05, 3.63) is 76.3 Å². The van der Waals surface area contributed by atoms with Gasteiger partial charge in [-0.05, 0) is 12.1 Å². The van der Waals surface area contributed by atoms with Crippen molar-refractivity contribution in [1.29, 1.82) is 0 Å². The highest BCUT2D eigenvalue weighted by atomic mass is 16.5. The van der Waals surface area contributed by atoms with Crippen LogP contribution in [0.15, 0.2) is 64.0 Å². The number of pyridine rings is 1. The van der Waals surface area contributed by atoms with Crippen molar-refractivity contribution in [3.63, 3.8) is 0 Å². The Balaban J connectivity index is 1.68. The summed E-state index contributed by atoms with van der Waals surface area (Å²) in [5.74, 6) is -0.115. The molecule has 3 rings (SSSR count). The van der Waals surface area contributed by atoms with Gasteiger partial charge in [-0.15, -0.1) is 0 Å². The number of aromatic nitrogens is 2. The number of esters is 1. The summed E-state index contributed by atoms with van der Waals surface area (Å²) in [6.07, 6.45) is 1.45. The number of aromatic amines is 1. The summed E-state index contributed by atoms with van der Waals surface area (Å²) in [7, 11) is 0. The van der Waals surface area contributed by atoms with Crippen LogP contribution in [0.1, 0.15) is 16.1 Å². The lowest BCUT2D eigenvalue weighted by atomic mass is 10.2. The normalized spacial score (nSPS) is 10.4. The molecule has 0 radical (unpaired) electrons. The fourth-order valence-electron chi connectivity index (χ4n) is 1.92. The molecular formula is C16H12N2O4. The van der Waals surface area contributed by atoms with Crippen molar-refractivity contribution in [2.24, 2.45) is 0 Å². The van der Waals surface area contributed by atoms with Gasteiger partial charge in [-0.2, -0.15) is 0 Å². The molecule has 6 nitrogen and oxygen atoms in total. The third-order valence-electron chi connectivity index (χ3n) is 3.01. The minimum absolute atomic E-state index is 0.0470. The van der Waals surface area contributed by atoms with Gasteiger partial charge in [0.15, 0.2) is 5.76 Å². The summed E-state index contributed by atoms with van der Waals surface area (Å²) >= 11 is 0. The first-order valence-electron chi connectivity index (χ1n) is 6.60. The molecule has 0 atom stereocenters. The van der Waals surface area contributed by atoms with E-state index < -0.39 is 11.5 Å². The first-order chi connectivity index (χ1) is 10.7. The average Bonchev–Trinajstić information content (AvgIpc) is 3.03. The van der Waals surface area contributed by atoms with Crippen LogP contribution < -0.4 is 5.56 Å². The predicted octanol–water partition coefficient (Wildman–Crippen LogP) is 2.39. The topological polar surface area (TPSA) is 85.2 Å². The van der Waals surface area contributed by atoms with Gasteiger partial charge in [0.1, 0.15) is 17.9 Å². The van der Waals surface area contributed by atoms with Gasteiger partial charge in [0, 0.05) is 17.8 Å². The zero-order valence-corrected chi connectivity index (χ0v) is 11.5. The van der Waals surface area contributed by atoms with E-state index in [0.29, 0.717) is 11.5 Å². The number of nitrogens with one attached hydrogen (secondary N) is 1. The Bertz CT molecular complexity index is 836. The highest BCUT2D eigenvalue weighted by molar-refractivity contribution is 5.88. The standard InChI is InChI=1S/C16H12N2O4/c19-15-13(7-4-8-17-15)16(20)21-10-12-9-14(22-18-12)11-5-2-1-3-6-11/h1-9H,10H2,(H,17,19). The van der Waals surface area contributed by atoms with Gasteiger partial charge in [-0.3, -0.25) is 4.79 Å². The molecule has 2 heterocycles.